The molecule has 0 fully saturated rings. The minimum Gasteiger partial charge on any atom is -0.444 e. The first-order valence-electron chi connectivity index (χ1n) is 12.7. The normalized spacial score (nSPS) is 12.9. The molecule has 2 N–H and O–H groups in total. The van der Waals surface area contributed by atoms with Gasteiger partial charge in [-0.3, -0.25) is 9.59 Å². The highest BCUT2D eigenvalue weighted by molar-refractivity contribution is 7.80. The van der Waals surface area contributed by atoms with Crippen LogP contribution in [0.1, 0.15) is 68.8 Å². The standard InChI is InChI=1S/C29H41N3O4S/c1-8-9-17-32(27(34)23(18-37)30-28(35)36-29(5,6)7)25(22-16-11-10-13-19(22)2)26(33)31-24-20(3)14-12-15-21(24)4/h10-16,23,25,37H,8-9,17-18H2,1-7H3,(H,30,35)(H,31,33). The van der Waals surface area contributed by atoms with Gasteiger partial charge in [-0.25, -0.2) is 4.79 Å². The molecule has 3 amide bonds. The van der Waals surface area contributed by atoms with Crippen molar-refractivity contribution < 1.29 is 19.1 Å². The first-order chi connectivity index (χ1) is 17.4. The zero-order valence-corrected chi connectivity index (χ0v) is 23.9. The molecule has 2 aromatic carbocycles. The van der Waals surface area contributed by atoms with E-state index in [0.29, 0.717) is 13.0 Å². The van der Waals surface area contributed by atoms with Gasteiger partial charge >= 0.3 is 6.09 Å². The molecule has 2 rings (SSSR count). The Morgan fingerprint density at radius 3 is 2.11 bits per heavy atom. The molecule has 0 saturated carbocycles. The lowest BCUT2D eigenvalue weighted by molar-refractivity contribution is -0.140. The lowest BCUT2D eigenvalue weighted by atomic mass is 9.97. The number of benzene rings is 2. The molecular formula is C29H41N3O4S. The summed E-state index contributed by atoms with van der Waals surface area (Å²) in [6.45, 7) is 13.4. The van der Waals surface area contributed by atoms with Crippen LogP contribution < -0.4 is 10.6 Å². The van der Waals surface area contributed by atoms with Crippen LogP contribution in [-0.2, 0) is 14.3 Å². The van der Waals surface area contributed by atoms with E-state index in [1.807, 2.05) is 70.2 Å². The molecule has 202 valence electrons. The minimum absolute atomic E-state index is 0.0553. The summed E-state index contributed by atoms with van der Waals surface area (Å²) < 4.78 is 5.36. The average Bonchev–Trinajstić information content (AvgIpc) is 2.81. The maximum Gasteiger partial charge on any atom is 0.408 e. The fourth-order valence-electron chi connectivity index (χ4n) is 4.08. The Morgan fingerprint density at radius 2 is 1.57 bits per heavy atom. The third-order valence-electron chi connectivity index (χ3n) is 5.98. The van der Waals surface area contributed by atoms with Crippen LogP contribution in [0.2, 0.25) is 0 Å². The van der Waals surface area contributed by atoms with Crippen molar-refractivity contribution in [2.45, 2.75) is 79.0 Å². The van der Waals surface area contributed by atoms with Gasteiger partial charge < -0.3 is 20.3 Å². The Labute approximate surface area is 226 Å². The number of unbranched alkanes of at least 4 members (excludes halogenated alkanes) is 1. The number of aryl methyl sites for hydroxylation is 3. The summed E-state index contributed by atoms with van der Waals surface area (Å²) in [7, 11) is 0. The number of carbonyl (C=O) groups excluding carboxylic acids is 3. The van der Waals surface area contributed by atoms with E-state index in [0.717, 1.165) is 34.4 Å². The summed E-state index contributed by atoms with van der Waals surface area (Å²) in [5.74, 6) is -0.648. The molecule has 8 heteroatoms. The van der Waals surface area contributed by atoms with Gasteiger partial charge in [0.15, 0.2) is 0 Å². The second-order valence-corrected chi connectivity index (χ2v) is 10.6. The first-order valence-corrected chi connectivity index (χ1v) is 13.4. The summed E-state index contributed by atoms with van der Waals surface area (Å²) in [4.78, 5) is 41.9. The van der Waals surface area contributed by atoms with Crippen LogP contribution in [0.5, 0.6) is 0 Å². The molecule has 37 heavy (non-hydrogen) atoms. The van der Waals surface area contributed by atoms with Gasteiger partial charge in [0.1, 0.15) is 17.7 Å². The molecule has 2 aromatic rings. The third-order valence-corrected chi connectivity index (χ3v) is 6.34. The molecule has 0 aliphatic rings. The Balaban J connectivity index is 2.52. The van der Waals surface area contributed by atoms with Crippen LogP contribution in [0.4, 0.5) is 10.5 Å². The molecule has 2 unspecified atom stereocenters. The predicted molar refractivity (Wildman–Crippen MR) is 152 cm³/mol. The lowest BCUT2D eigenvalue weighted by Gasteiger charge is -2.35. The van der Waals surface area contributed by atoms with Crippen molar-refractivity contribution in [3.8, 4) is 0 Å². The minimum atomic E-state index is -0.963. The van der Waals surface area contributed by atoms with Crippen LogP contribution in [0.15, 0.2) is 42.5 Å². The number of anilines is 1. The van der Waals surface area contributed by atoms with E-state index >= 15 is 0 Å². The molecule has 0 spiro atoms. The quantitative estimate of drug-likeness (QED) is 0.344. The van der Waals surface area contributed by atoms with E-state index in [9.17, 15) is 14.4 Å². The number of hydrogen-bond donors (Lipinski definition) is 3. The highest BCUT2D eigenvalue weighted by atomic mass is 32.1. The zero-order chi connectivity index (χ0) is 27.8. The summed E-state index contributed by atoms with van der Waals surface area (Å²) in [5.41, 5.74) is 3.50. The van der Waals surface area contributed by atoms with Crippen molar-refractivity contribution in [2.75, 3.05) is 17.6 Å². The third kappa shape index (κ3) is 8.52. The van der Waals surface area contributed by atoms with Crippen LogP contribution in [0.3, 0.4) is 0 Å². The molecule has 0 aliphatic carbocycles. The smallest absolute Gasteiger partial charge is 0.408 e. The largest absolute Gasteiger partial charge is 0.444 e. The van der Waals surface area contributed by atoms with E-state index < -0.39 is 23.8 Å². The SMILES string of the molecule is CCCCN(C(=O)C(CS)NC(=O)OC(C)(C)C)C(C(=O)Nc1c(C)cccc1C)c1ccccc1C. The van der Waals surface area contributed by atoms with Gasteiger partial charge in [-0.2, -0.15) is 12.6 Å². The van der Waals surface area contributed by atoms with Crippen molar-refractivity contribution in [3.05, 3.63) is 64.7 Å². The van der Waals surface area contributed by atoms with Crippen molar-refractivity contribution in [1.29, 1.82) is 0 Å². The highest BCUT2D eigenvalue weighted by Gasteiger charge is 2.36. The van der Waals surface area contributed by atoms with E-state index in [2.05, 4.69) is 23.3 Å². The number of nitrogens with one attached hydrogen (secondary N) is 2. The van der Waals surface area contributed by atoms with Crippen molar-refractivity contribution in [1.82, 2.24) is 10.2 Å². The molecule has 0 bridgehead atoms. The summed E-state index contributed by atoms with van der Waals surface area (Å²) in [6.07, 6.45) is 0.812. The zero-order valence-electron chi connectivity index (χ0n) is 23.1. The Morgan fingerprint density at radius 1 is 0.973 bits per heavy atom. The number of alkyl carbamates (subject to hydrolysis) is 1. The number of ether oxygens (including phenoxy) is 1. The highest BCUT2D eigenvalue weighted by Crippen LogP contribution is 2.29. The van der Waals surface area contributed by atoms with Crippen molar-refractivity contribution in [3.63, 3.8) is 0 Å². The first kappa shape index (κ1) is 30.2. The molecule has 2 atom stereocenters. The molecule has 0 saturated heterocycles. The lowest BCUT2D eigenvalue weighted by Crippen LogP contribution is -2.53. The van der Waals surface area contributed by atoms with E-state index in [1.54, 1.807) is 25.7 Å². The van der Waals surface area contributed by atoms with Gasteiger partial charge in [-0.15, -0.1) is 0 Å². The van der Waals surface area contributed by atoms with Crippen LogP contribution in [0, 0.1) is 20.8 Å². The maximum atomic E-state index is 14.0. The van der Waals surface area contributed by atoms with E-state index in [1.165, 1.54) is 0 Å². The van der Waals surface area contributed by atoms with E-state index in [-0.39, 0.29) is 17.6 Å². The maximum absolute atomic E-state index is 14.0. The Hall–Kier alpha value is -3.00. The molecule has 0 radical (unpaired) electrons. The monoisotopic (exact) mass is 527 g/mol. The average molecular weight is 528 g/mol. The fraction of sp³-hybridized carbons (Fsp3) is 0.483. The predicted octanol–water partition coefficient (Wildman–Crippen LogP) is 5.74. The van der Waals surface area contributed by atoms with Crippen molar-refractivity contribution >= 4 is 36.2 Å². The van der Waals surface area contributed by atoms with Gasteiger partial charge in [0.25, 0.3) is 5.91 Å². The molecule has 7 nitrogen and oxygen atoms in total. The molecular weight excluding hydrogens is 486 g/mol. The van der Waals surface area contributed by atoms with E-state index in [4.69, 9.17) is 4.74 Å². The number of amides is 3. The molecule has 0 aliphatic heterocycles. The Kier molecular flexibility index (Phi) is 11.0. The van der Waals surface area contributed by atoms with Gasteiger partial charge in [0.2, 0.25) is 5.91 Å². The number of hydrogen-bond acceptors (Lipinski definition) is 5. The van der Waals surface area contributed by atoms with Gasteiger partial charge in [0, 0.05) is 18.0 Å². The Bertz CT molecular complexity index is 1080. The number of para-hydroxylation sites is 1. The summed E-state index contributed by atoms with van der Waals surface area (Å²) in [5, 5.41) is 5.73. The number of carbonyl (C=O) groups is 3. The second kappa shape index (κ2) is 13.5. The second-order valence-electron chi connectivity index (χ2n) is 10.3. The van der Waals surface area contributed by atoms with Crippen LogP contribution >= 0.6 is 12.6 Å². The molecule has 0 aromatic heterocycles. The van der Waals surface area contributed by atoms with Crippen LogP contribution in [-0.4, -0.2) is 46.7 Å². The molecule has 0 heterocycles. The van der Waals surface area contributed by atoms with Gasteiger partial charge in [0.05, 0.1) is 0 Å². The summed E-state index contributed by atoms with van der Waals surface area (Å²) in [6, 6.07) is 11.5. The number of nitrogens with zero attached hydrogens (tertiary/aromatic N) is 1. The number of thiol groups is 1. The summed E-state index contributed by atoms with van der Waals surface area (Å²) >= 11 is 4.34. The number of rotatable bonds is 10. The van der Waals surface area contributed by atoms with Crippen LogP contribution in [0.25, 0.3) is 0 Å². The van der Waals surface area contributed by atoms with Crippen molar-refractivity contribution in [2.24, 2.45) is 0 Å². The fourth-order valence-corrected chi connectivity index (χ4v) is 4.33. The van der Waals surface area contributed by atoms with Gasteiger partial charge in [-0.1, -0.05) is 55.8 Å². The topological polar surface area (TPSA) is 87.7 Å². The van der Waals surface area contributed by atoms with Gasteiger partial charge in [-0.05, 0) is 70.2 Å².